The van der Waals surface area contributed by atoms with E-state index >= 15 is 0 Å². The van der Waals surface area contributed by atoms with E-state index in [1.165, 1.54) is 12.1 Å². The van der Waals surface area contributed by atoms with Gasteiger partial charge in [0.1, 0.15) is 0 Å². The van der Waals surface area contributed by atoms with Crippen molar-refractivity contribution in [2.24, 2.45) is 0 Å². The van der Waals surface area contributed by atoms with Crippen LogP contribution in [0.5, 0.6) is 0 Å². The van der Waals surface area contributed by atoms with Crippen molar-refractivity contribution < 1.29 is 18.3 Å². The minimum Gasteiger partial charge on any atom is -0.385 e. The quantitative estimate of drug-likeness (QED) is 0.591. The first-order chi connectivity index (χ1) is 13.7. The average molecular weight is 401 g/mol. The van der Waals surface area contributed by atoms with Crippen LogP contribution in [0.25, 0.3) is 11.1 Å². The zero-order chi connectivity index (χ0) is 20.6. The zero-order valence-corrected chi connectivity index (χ0v) is 15.9. The lowest BCUT2D eigenvalue weighted by atomic mass is 9.77. The lowest BCUT2D eigenvalue weighted by molar-refractivity contribution is -0.137. The van der Waals surface area contributed by atoms with Crippen LogP contribution in [0.15, 0.2) is 60.9 Å². The van der Waals surface area contributed by atoms with Gasteiger partial charge in [0, 0.05) is 23.8 Å². The number of alkyl halides is 3. The fourth-order valence-corrected chi connectivity index (χ4v) is 4.15. The second-order valence-electron chi connectivity index (χ2n) is 7.75. The molecule has 1 aliphatic heterocycles. The van der Waals surface area contributed by atoms with Gasteiger partial charge in [-0.3, -0.25) is 5.10 Å². The molecule has 3 aromatic rings. The molecule has 0 saturated carbocycles. The molecule has 2 heterocycles. The van der Waals surface area contributed by atoms with Crippen molar-refractivity contribution in [1.82, 2.24) is 15.5 Å². The number of aromatic nitrogens is 2. The number of hydrogen-bond acceptors (Lipinski definition) is 3. The molecule has 29 heavy (non-hydrogen) atoms. The van der Waals surface area contributed by atoms with E-state index in [0.717, 1.165) is 28.8 Å². The smallest absolute Gasteiger partial charge is 0.385 e. The van der Waals surface area contributed by atoms with Crippen LogP contribution in [0.1, 0.15) is 42.5 Å². The van der Waals surface area contributed by atoms with E-state index in [9.17, 15) is 18.3 Å². The van der Waals surface area contributed by atoms with E-state index in [1.807, 2.05) is 37.4 Å². The summed E-state index contributed by atoms with van der Waals surface area (Å²) in [6, 6.07) is 12.7. The molecular weight excluding hydrogens is 379 g/mol. The van der Waals surface area contributed by atoms with Gasteiger partial charge in [-0.1, -0.05) is 30.3 Å². The van der Waals surface area contributed by atoms with Crippen molar-refractivity contribution in [1.29, 1.82) is 0 Å². The topological polar surface area (TPSA) is 60.9 Å². The summed E-state index contributed by atoms with van der Waals surface area (Å²) in [5, 5.41) is 21.6. The van der Waals surface area contributed by atoms with Crippen LogP contribution in [0.3, 0.4) is 0 Å². The lowest BCUT2D eigenvalue weighted by Crippen LogP contribution is -2.46. The fourth-order valence-electron chi connectivity index (χ4n) is 4.15. The van der Waals surface area contributed by atoms with Crippen LogP contribution in [0.4, 0.5) is 13.2 Å². The van der Waals surface area contributed by atoms with Gasteiger partial charge in [-0.15, -0.1) is 0 Å². The Morgan fingerprint density at radius 3 is 2.48 bits per heavy atom. The number of nitrogens with zero attached hydrogens (tertiary/aromatic N) is 1. The Morgan fingerprint density at radius 1 is 1.07 bits per heavy atom. The third-order valence-electron chi connectivity index (χ3n) is 5.54. The molecule has 0 aliphatic carbocycles. The minimum absolute atomic E-state index is 0.00127. The number of aliphatic hydroxyl groups is 1. The van der Waals surface area contributed by atoms with Crippen molar-refractivity contribution in [3.05, 3.63) is 77.6 Å². The Bertz CT molecular complexity index is 970. The van der Waals surface area contributed by atoms with Gasteiger partial charge in [-0.25, -0.2) is 0 Å². The molecule has 152 valence electrons. The number of piperidine rings is 1. The van der Waals surface area contributed by atoms with Crippen molar-refractivity contribution in [2.75, 3.05) is 0 Å². The summed E-state index contributed by atoms with van der Waals surface area (Å²) in [6.45, 7) is 1.97. The van der Waals surface area contributed by atoms with Gasteiger partial charge >= 0.3 is 6.18 Å². The number of nitrogens with one attached hydrogen (secondary N) is 2. The Kier molecular flexibility index (Phi) is 4.96. The Morgan fingerprint density at radius 2 is 1.83 bits per heavy atom. The van der Waals surface area contributed by atoms with Crippen molar-refractivity contribution >= 4 is 0 Å². The monoisotopic (exact) mass is 401 g/mol. The first-order valence-corrected chi connectivity index (χ1v) is 9.50. The number of benzene rings is 2. The zero-order valence-electron chi connectivity index (χ0n) is 15.9. The highest BCUT2D eigenvalue weighted by Gasteiger charge is 2.40. The number of hydrogen-bond donors (Lipinski definition) is 3. The Labute approximate surface area is 166 Å². The Hall–Kier alpha value is -2.64. The maximum atomic E-state index is 12.9. The van der Waals surface area contributed by atoms with Gasteiger partial charge in [-0.05, 0) is 54.7 Å². The summed E-state index contributed by atoms with van der Waals surface area (Å²) < 4.78 is 38.6. The molecule has 1 fully saturated rings. The predicted molar refractivity (Wildman–Crippen MR) is 104 cm³/mol. The van der Waals surface area contributed by atoms with Crippen LogP contribution < -0.4 is 5.32 Å². The van der Waals surface area contributed by atoms with E-state index in [4.69, 9.17) is 0 Å². The molecule has 0 amide bonds. The van der Waals surface area contributed by atoms with Gasteiger partial charge in [0.15, 0.2) is 0 Å². The number of aromatic amines is 1. The third-order valence-corrected chi connectivity index (χ3v) is 5.54. The Balaban J connectivity index is 1.62. The molecule has 1 aliphatic rings. The second kappa shape index (κ2) is 7.31. The summed E-state index contributed by atoms with van der Waals surface area (Å²) >= 11 is 0. The SMILES string of the molecule is C[C@H]1CC(O)(c2ccc(C(F)(F)F)cc2)C[C@@H](c2cccc(-c3cn[nH]c3)c2)N1. The summed E-state index contributed by atoms with van der Waals surface area (Å²) in [7, 11) is 0. The van der Waals surface area contributed by atoms with Gasteiger partial charge in [0.05, 0.1) is 17.4 Å². The molecule has 3 N–H and O–H groups in total. The maximum absolute atomic E-state index is 12.9. The van der Waals surface area contributed by atoms with Gasteiger partial charge in [-0.2, -0.15) is 18.3 Å². The molecule has 1 aromatic heterocycles. The minimum atomic E-state index is -4.39. The molecular formula is C22H22F3N3O. The molecule has 4 rings (SSSR count). The number of rotatable bonds is 3. The second-order valence-corrected chi connectivity index (χ2v) is 7.75. The summed E-state index contributed by atoms with van der Waals surface area (Å²) in [5.74, 6) is 0. The number of H-pyrrole nitrogens is 1. The van der Waals surface area contributed by atoms with E-state index in [1.54, 1.807) is 6.20 Å². The van der Waals surface area contributed by atoms with Crippen molar-refractivity contribution in [3.8, 4) is 11.1 Å². The van der Waals surface area contributed by atoms with Crippen molar-refractivity contribution in [3.63, 3.8) is 0 Å². The standard InChI is InChI=1S/C22H22F3N3O/c1-14-10-21(29,18-5-7-19(8-6-18)22(23,24)25)11-20(28-14)16-4-2-3-15(9-16)17-12-26-27-13-17/h2-9,12-14,20,28-29H,10-11H2,1H3,(H,26,27)/t14-,20-,21?/m0/s1. The van der Waals surface area contributed by atoms with Gasteiger partial charge < -0.3 is 10.4 Å². The van der Waals surface area contributed by atoms with E-state index in [0.29, 0.717) is 18.4 Å². The first-order valence-electron chi connectivity index (χ1n) is 9.50. The van der Waals surface area contributed by atoms with Crippen LogP contribution in [0, 0.1) is 0 Å². The van der Waals surface area contributed by atoms with E-state index in [-0.39, 0.29) is 12.1 Å². The predicted octanol–water partition coefficient (Wildman–Crippen LogP) is 4.80. The summed E-state index contributed by atoms with van der Waals surface area (Å²) in [5.41, 5.74) is 1.58. The lowest BCUT2D eigenvalue weighted by Gasteiger charge is -2.42. The highest BCUT2D eigenvalue weighted by Crippen LogP contribution is 2.41. The maximum Gasteiger partial charge on any atom is 0.416 e. The molecule has 0 bridgehead atoms. The molecule has 4 nitrogen and oxygen atoms in total. The van der Waals surface area contributed by atoms with Crippen LogP contribution in [-0.2, 0) is 11.8 Å². The van der Waals surface area contributed by atoms with Crippen LogP contribution >= 0.6 is 0 Å². The molecule has 3 atom stereocenters. The third kappa shape index (κ3) is 4.06. The van der Waals surface area contributed by atoms with Crippen LogP contribution in [0.2, 0.25) is 0 Å². The summed E-state index contributed by atoms with van der Waals surface area (Å²) in [4.78, 5) is 0. The first kappa shape index (κ1) is 19.7. The normalized spacial score (nSPS) is 25.1. The fraction of sp³-hybridized carbons (Fsp3) is 0.318. The number of halogens is 3. The molecule has 7 heteroatoms. The largest absolute Gasteiger partial charge is 0.416 e. The molecule has 0 radical (unpaired) electrons. The van der Waals surface area contributed by atoms with E-state index < -0.39 is 17.3 Å². The molecule has 1 unspecified atom stereocenters. The molecule has 2 aromatic carbocycles. The molecule has 0 spiro atoms. The van der Waals surface area contributed by atoms with Crippen molar-refractivity contribution in [2.45, 2.75) is 43.6 Å². The average Bonchev–Trinajstić information content (AvgIpc) is 3.22. The van der Waals surface area contributed by atoms with Gasteiger partial charge in [0.25, 0.3) is 0 Å². The van der Waals surface area contributed by atoms with E-state index in [2.05, 4.69) is 15.5 Å². The molecule has 1 saturated heterocycles. The van der Waals surface area contributed by atoms with Crippen LogP contribution in [-0.4, -0.2) is 21.3 Å². The van der Waals surface area contributed by atoms with Gasteiger partial charge in [0.2, 0.25) is 0 Å². The highest BCUT2D eigenvalue weighted by atomic mass is 19.4. The highest BCUT2D eigenvalue weighted by molar-refractivity contribution is 5.62. The summed E-state index contributed by atoms with van der Waals surface area (Å²) in [6.07, 6.45) is -0.0321.